The van der Waals surface area contributed by atoms with Crippen LogP contribution in [0.15, 0.2) is 35.5 Å². The standard InChI is InChI=1S/C18H25N3O/c22-19-17-15-6-7-16(12-15)18(17)21-10-8-20(9-11-21)13-14-4-2-1-3-5-14/h1-5,15-16,18,22H,6-13H2/b19-17+/t15-,16+,18-/m0/s1. The van der Waals surface area contributed by atoms with Gasteiger partial charge < -0.3 is 5.21 Å². The first-order chi connectivity index (χ1) is 10.8. The molecule has 2 saturated carbocycles. The van der Waals surface area contributed by atoms with Crippen molar-refractivity contribution < 1.29 is 5.21 Å². The van der Waals surface area contributed by atoms with E-state index in [-0.39, 0.29) is 0 Å². The fourth-order valence-electron chi connectivity index (χ4n) is 4.72. The fourth-order valence-corrected chi connectivity index (χ4v) is 4.72. The van der Waals surface area contributed by atoms with Gasteiger partial charge in [-0.2, -0.15) is 0 Å². The van der Waals surface area contributed by atoms with E-state index in [0.717, 1.165) is 44.4 Å². The molecule has 2 bridgehead atoms. The van der Waals surface area contributed by atoms with Crippen molar-refractivity contribution in [3.05, 3.63) is 35.9 Å². The van der Waals surface area contributed by atoms with Crippen LogP contribution in [0.2, 0.25) is 0 Å². The maximum absolute atomic E-state index is 9.39. The van der Waals surface area contributed by atoms with Gasteiger partial charge in [-0.05, 0) is 30.7 Å². The second-order valence-electron chi connectivity index (χ2n) is 7.04. The van der Waals surface area contributed by atoms with Gasteiger partial charge in [-0.3, -0.25) is 9.80 Å². The third-order valence-electron chi connectivity index (χ3n) is 5.81. The van der Waals surface area contributed by atoms with E-state index in [0.29, 0.717) is 12.0 Å². The zero-order valence-corrected chi connectivity index (χ0v) is 13.1. The summed E-state index contributed by atoms with van der Waals surface area (Å²) in [6, 6.07) is 11.1. The number of rotatable bonds is 3. The zero-order chi connectivity index (χ0) is 14.9. The van der Waals surface area contributed by atoms with Crippen molar-refractivity contribution >= 4 is 5.71 Å². The molecule has 0 spiro atoms. The monoisotopic (exact) mass is 299 g/mol. The maximum Gasteiger partial charge on any atom is 0.0775 e. The molecule has 3 atom stereocenters. The second kappa shape index (κ2) is 6.01. The van der Waals surface area contributed by atoms with Gasteiger partial charge in [0.1, 0.15) is 0 Å². The lowest BCUT2D eigenvalue weighted by Crippen LogP contribution is -2.54. The fraction of sp³-hybridized carbons (Fsp3) is 0.611. The molecule has 1 aliphatic heterocycles. The quantitative estimate of drug-likeness (QED) is 0.688. The van der Waals surface area contributed by atoms with E-state index in [4.69, 9.17) is 0 Å². The molecule has 0 aromatic heterocycles. The minimum atomic E-state index is 0.419. The number of fused-ring (bicyclic) bond motifs is 2. The van der Waals surface area contributed by atoms with Gasteiger partial charge in [0, 0.05) is 38.6 Å². The Labute approximate surface area is 132 Å². The molecular weight excluding hydrogens is 274 g/mol. The molecule has 0 amide bonds. The van der Waals surface area contributed by atoms with Crippen LogP contribution in [0.3, 0.4) is 0 Å². The Bertz CT molecular complexity index is 537. The first-order valence-corrected chi connectivity index (χ1v) is 8.57. The van der Waals surface area contributed by atoms with Gasteiger partial charge in [-0.1, -0.05) is 35.5 Å². The van der Waals surface area contributed by atoms with Crippen LogP contribution in [0.5, 0.6) is 0 Å². The lowest BCUT2D eigenvalue weighted by Gasteiger charge is -2.41. The van der Waals surface area contributed by atoms with Crippen LogP contribution in [0, 0.1) is 11.8 Å². The van der Waals surface area contributed by atoms with E-state index in [2.05, 4.69) is 45.3 Å². The Morgan fingerprint density at radius 1 is 1.05 bits per heavy atom. The molecule has 4 rings (SSSR count). The minimum absolute atomic E-state index is 0.419. The third-order valence-corrected chi connectivity index (χ3v) is 5.81. The highest BCUT2D eigenvalue weighted by Crippen LogP contribution is 2.45. The number of benzene rings is 1. The molecule has 1 N–H and O–H groups in total. The van der Waals surface area contributed by atoms with E-state index < -0.39 is 0 Å². The van der Waals surface area contributed by atoms with Crippen molar-refractivity contribution in [3.8, 4) is 0 Å². The molecule has 2 aliphatic carbocycles. The summed E-state index contributed by atoms with van der Waals surface area (Å²) in [5.74, 6) is 1.29. The van der Waals surface area contributed by atoms with Gasteiger partial charge in [-0.15, -0.1) is 0 Å². The van der Waals surface area contributed by atoms with E-state index in [1.165, 1.54) is 24.8 Å². The van der Waals surface area contributed by atoms with E-state index in [1.54, 1.807) is 0 Å². The molecular formula is C18H25N3O. The van der Waals surface area contributed by atoms with Gasteiger partial charge in [0.05, 0.1) is 11.8 Å². The van der Waals surface area contributed by atoms with Gasteiger partial charge in [0.2, 0.25) is 0 Å². The highest BCUT2D eigenvalue weighted by Gasteiger charge is 2.48. The lowest BCUT2D eigenvalue weighted by molar-refractivity contribution is 0.0946. The highest BCUT2D eigenvalue weighted by atomic mass is 16.4. The Balaban J connectivity index is 1.36. The molecule has 1 aromatic carbocycles. The summed E-state index contributed by atoms with van der Waals surface area (Å²) in [4.78, 5) is 5.11. The Hall–Kier alpha value is -1.39. The minimum Gasteiger partial charge on any atom is -0.411 e. The maximum atomic E-state index is 9.39. The molecule has 1 heterocycles. The number of hydrogen-bond donors (Lipinski definition) is 1. The van der Waals surface area contributed by atoms with Crippen molar-refractivity contribution in [3.63, 3.8) is 0 Å². The molecule has 3 fully saturated rings. The van der Waals surface area contributed by atoms with E-state index >= 15 is 0 Å². The topological polar surface area (TPSA) is 39.1 Å². The summed E-state index contributed by atoms with van der Waals surface area (Å²) >= 11 is 0. The van der Waals surface area contributed by atoms with Crippen molar-refractivity contribution in [1.29, 1.82) is 0 Å². The SMILES string of the molecule is O/N=C1\[C@H]2CC[C@H](C2)[C@@H]1N1CCN(Cc2ccccc2)CC1. The summed E-state index contributed by atoms with van der Waals surface area (Å²) in [5, 5.41) is 13.1. The smallest absolute Gasteiger partial charge is 0.0775 e. The van der Waals surface area contributed by atoms with Crippen LogP contribution in [-0.4, -0.2) is 52.9 Å². The van der Waals surface area contributed by atoms with E-state index in [9.17, 15) is 5.21 Å². The predicted octanol–water partition coefficient (Wildman–Crippen LogP) is 2.43. The Kier molecular flexibility index (Phi) is 3.89. The lowest BCUT2D eigenvalue weighted by atomic mass is 9.91. The van der Waals surface area contributed by atoms with Gasteiger partial charge in [-0.25, -0.2) is 0 Å². The first-order valence-electron chi connectivity index (χ1n) is 8.57. The van der Waals surface area contributed by atoms with Crippen LogP contribution in [0.25, 0.3) is 0 Å². The molecule has 118 valence electrons. The molecule has 0 unspecified atom stereocenters. The number of piperazine rings is 1. The van der Waals surface area contributed by atoms with Crippen molar-refractivity contribution in [2.75, 3.05) is 26.2 Å². The van der Waals surface area contributed by atoms with Crippen LogP contribution in [0.1, 0.15) is 24.8 Å². The largest absolute Gasteiger partial charge is 0.411 e. The van der Waals surface area contributed by atoms with Crippen LogP contribution < -0.4 is 0 Å². The summed E-state index contributed by atoms with van der Waals surface area (Å²) in [7, 11) is 0. The molecule has 3 aliphatic rings. The number of oxime groups is 1. The highest BCUT2D eigenvalue weighted by molar-refractivity contribution is 5.94. The summed E-state index contributed by atoms with van der Waals surface area (Å²) < 4.78 is 0. The van der Waals surface area contributed by atoms with Gasteiger partial charge >= 0.3 is 0 Å². The molecule has 4 nitrogen and oxygen atoms in total. The summed E-state index contributed by atoms with van der Waals surface area (Å²) in [5.41, 5.74) is 2.47. The van der Waals surface area contributed by atoms with Crippen LogP contribution in [0.4, 0.5) is 0 Å². The van der Waals surface area contributed by atoms with E-state index in [1.807, 2.05) is 0 Å². The molecule has 1 saturated heterocycles. The molecule has 4 heteroatoms. The average Bonchev–Trinajstić information content (AvgIpc) is 3.17. The van der Waals surface area contributed by atoms with Crippen molar-refractivity contribution in [1.82, 2.24) is 9.80 Å². The number of nitrogens with zero attached hydrogens (tertiary/aromatic N) is 3. The average molecular weight is 299 g/mol. The summed E-state index contributed by atoms with van der Waals surface area (Å²) in [6.45, 7) is 5.47. The van der Waals surface area contributed by atoms with Crippen LogP contribution in [-0.2, 0) is 6.54 Å². The third kappa shape index (κ3) is 2.55. The molecule has 0 radical (unpaired) electrons. The molecule has 22 heavy (non-hydrogen) atoms. The number of hydrogen-bond acceptors (Lipinski definition) is 4. The van der Waals surface area contributed by atoms with Gasteiger partial charge in [0.15, 0.2) is 0 Å². The summed E-state index contributed by atoms with van der Waals surface area (Å²) in [6.07, 6.45) is 3.79. The van der Waals surface area contributed by atoms with Crippen molar-refractivity contribution in [2.24, 2.45) is 17.0 Å². The predicted molar refractivity (Wildman–Crippen MR) is 87.1 cm³/mol. The van der Waals surface area contributed by atoms with Crippen molar-refractivity contribution in [2.45, 2.75) is 31.8 Å². The Morgan fingerprint density at radius 3 is 2.55 bits per heavy atom. The Morgan fingerprint density at radius 2 is 1.82 bits per heavy atom. The first kappa shape index (κ1) is 14.2. The zero-order valence-electron chi connectivity index (χ0n) is 13.1. The van der Waals surface area contributed by atoms with Crippen LogP contribution >= 0.6 is 0 Å². The molecule has 1 aromatic rings. The van der Waals surface area contributed by atoms with Gasteiger partial charge in [0.25, 0.3) is 0 Å². The normalized spacial score (nSPS) is 34.5. The second-order valence-corrected chi connectivity index (χ2v) is 7.04.